The molecular weight excluding hydrogens is 238 g/mol. The highest BCUT2D eigenvalue weighted by molar-refractivity contribution is 7.09. The van der Waals surface area contributed by atoms with Crippen molar-refractivity contribution in [3.8, 4) is 0 Å². The molecule has 17 heavy (non-hydrogen) atoms. The second kappa shape index (κ2) is 4.92. The van der Waals surface area contributed by atoms with Gasteiger partial charge in [-0.2, -0.15) is 0 Å². The van der Waals surface area contributed by atoms with Crippen molar-refractivity contribution in [2.75, 3.05) is 5.32 Å². The van der Waals surface area contributed by atoms with Gasteiger partial charge in [-0.25, -0.2) is 4.98 Å². The zero-order valence-corrected chi connectivity index (χ0v) is 10.0. The predicted molar refractivity (Wildman–Crippen MR) is 67.3 cm³/mol. The van der Waals surface area contributed by atoms with Crippen molar-refractivity contribution in [3.63, 3.8) is 0 Å². The minimum atomic E-state index is -0.375. The average Bonchev–Trinajstić information content (AvgIpc) is 2.78. The Labute approximate surface area is 102 Å². The maximum Gasteiger partial charge on any atom is 0.272 e. The van der Waals surface area contributed by atoms with Gasteiger partial charge in [0.25, 0.3) is 5.69 Å². The van der Waals surface area contributed by atoms with Crippen LogP contribution in [0.4, 0.5) is 11.4 Å². The van der Waals surface area contributed by atoms with E-state index in [0.29, 0.717) is 12.1 Å². The molecular formula is C11H11N3O2S. The number of benzene rings is 1. The summed E-state index contributed by atoms with van der Waals surface area (Å²) in [5, 5.41) is 16.7. The van der Waals surface area contributed by atoms with Crippen LogP contribution in [0.5, 0.6) is 0 Å². The SMILES string of the molecule is Cc1cc(NCc2nccs2)ccc1[N+](=O)[O-]. The molecule has 1 aromatic carbocycles. The molecule has 1 heterocycles. The summed E-state index contributed by atoms with van der Waals surface area (Å²) in [6, 6.07) is 4.99. The van der Waals surface area contributed by atoms with Crippen molar-refractivity contribution in [1.29, 1.82) is 0 Å². The van der Waals surface area contributed by atoms with Crippen LogP contribution in [0, 0.1) is 17.0 Å². The molecule has 0 saturated carbocycles. The molecule has 1 aromatic heterocycles. The lowest BCUT2D eigenvalue weighted by molar-refractivity contribution is -0.385. The number of nitro benzene ring substituents is 1. The highest BCUT2D eigenvalue weighted by Crippen LogP contribution is 2.22. The minimum Gasteiger partial charge on any atom is -0.379 e. The van der Waals surface area contributed by atoms with E-state index in [-0.39, 0.29) is 10.6 Å². The maximum absolute atomic E-state index is 10.7. The average molecular weight is 249 g/mol. The molecule has 0 radical (unpaired) electrons. The fourth-order valence-corrected chi connectivity index (χ4v) is 2.04. The summed E-state index contributed by atoms with van der Waals surface area (Å²) in [6.07, 6.45) is 1.75. The van der Waals surface area contributed by atoms with Gasteiger partial charge in [0.15, 0.2) is 0 Å². The molecule has 5 nitrogen and oxygen atoms in total. The fraction of sp³-hybridized carbons (Fsp3) is 0.182. The Kier molecular flexibility index (Phi) is 3.34. The van der Waals surface area contributed by atoms with Crippen LogP contribution < -0.4 is 5.32 Å². The van der Waals surface area contributed by atoms with Crippen LogP contribution in [0.25, 0.3) is 0 Å². The van der Waals surface area contributed by atoms with Crippen molar-refractivity contribution in [2.45, 2.75) is 13.5 Å². The first-order valence-electron chi connectivity index (χ1n) is 5.04. The first-order chi connectivity index (χ1) is 8.16. The van der Waals surface area contributed by atoms with E-state index in [1.807, 2.05) is 5.38 Å². The number of nitro groups is 1. The number of rotatable bonds is 4. The van der Waals surface area contributed by atoms with Crippen LogP contribution in [0.15, 0.2) is 29.8 Å². The third kappa shape index (κ3) is 2.79. The topological polar surface area (TPSA) is 68.1 Å². The van der Waals surface area contributed by atoms with Crippen LogP contribution in [0.3, 0.4) is 0 Å². The van der Waals surface area contributed by atoms with E-state index in [4.69, 9.17) is 0 Å². The second-order valence-electron chi connectivity index (χ2n) is 3.54. The Bertz CT molecular complexity index is 526. The molecule has 0 saturated heterocycles. The van der Waals surface area contributed by atoms with Gasteiger partial charge in [-0.1, -0.05) is 0 Å². The minimum absolute atomic E-state index is 0.143. The highest BCUT2D eigenvalue weighted by atomic mass is 32.1. The van der Waals surface area contributed by atoms with Gasteiger partial charge in [0.05, 0.1) is 11.5 Å². The highest BCUT2D eigenvalue weighted by Gasteiger charge is 2.09. The zero-order chi connectivity index (χ0) is 12.3. The molecule has 0 aliphatic rings. The number of aromatic nitrogens is 1. The number of hydrogen-bond acceptors (Lipinski definition) is 5. The van der Waals surface area contributed by atoms with E-state index in [0.717, 1.165) is 10.7 Å². The summed E-state index contributed by atoms with van der Waals surface area (Å²) in [5.41, 5.74) is 1.66. The molecule has 0 amide bonds. The summed E-state index contributed by atoms with van der Waals surface area (Å²) >= 11 is 1.57. The Hall–Kier alpha value is -1.95. The van der Waals surface area contributed by atoms with Gasteiger partial charge in [-0.3, -0.25) is 10.1 Å². The van der Waals surface area contributed by atoms with Crippen LogP contribution >= 0.6 is 11.3 Å². The van der Waals surface area contributed by atoms with Crippen molar-refractivity contribution in [3.05, 3.63) is 50.5 Å². The first-order valence-corrected chi connectivity index (χ1v) is 5.92. The van der Waals surface area contributed by atoms with Crippen LogP contribution in [-0.2, 0) is 6.54 Å². The second-order valence-corrected chi connectivity index (χ2v) is 4.52. The summed E-state index contributed by atoms with van der Waals surface area (Å²) in [6.45, 7) is 2.36. The van der Waals surface area contributed by atoms with Gasteiger partial charge in [0.1, 0.15) is 5.01 Å². The van der Waals surface area contributed by atoms with Crippen molar-refractivity contribution < 1.29 is 4.92 Å². The van der Waals surface area contributed by atoms with Crippen molar-refractivity contribution >= 4 is 22.7 Å². The van der Waals surface area contributed by atoms with Gasteiger partial charge >= 0.3 is 0 Å². The van der Waals surface area contributed by atoms with E-state index >= 15 is 0 Å². The molecule has 0 atom stereocenters. The monoisotopic (exact) mass is 249 g/mol. The van der Waals surface area contributed by atoms with Crippen molar-refractivity contribution in [1.82, 2.24) is 4.98 Å². The number of nitrogens with one attached hydrogen (secondary N) is 1. The third-order valence-electron chi connectivity index (χ3n) is 2.32. The van der Waals surface area contributed by atoms with Crippen molar-refractivity contribution in [2.24, 2.45) is 0 Å². The van der Waals surface area contributed by atoms with E-state index in [1.165, 1.54) is 6.07 Å². The van der Waals surface area contributed by atoms with E-state index in [2.05, 4.69) is 10.3 Å². The molecule has 0 bridgehead atoms. The number of hydrogen-bond donors (Lipinski definition) is 1. The molecule has 0 fully saturated rings. The maximum atomic E-state index is 10.7. The predicted octanol–water partition coefficient (Wildman–Crippen LogP) is 2.97. The van der Waals surface area contributed by atoms with Gasteiger partial charge in [-0.15, -0.1) is 11.3 Å². The smallest absolute Gasteiger partial charge is 0.272 e. The molecule has 0 unspecified atom stereocenters. The third-order valence-corrected chi connectivity index (χ3v) is 3.10. The molecule has 2 aromatic rings. The van der Waals surface area contributed by atoms with Crippen LogP contribution in [0.2, 0.25) is 0 Å². The summed E-state index contributed by atoms with van der Waals surface area (Å²) in [7, 11) is 0. The molecule has 88 valence electrons. The van der Waals surface area contributed by atoms with Crippen LogP contribution in [0.1, 0.15) is 10.6 Å². The lowest BCUT2D eigenvalue weighted by atomic mass is 10.2. The Balaban J connectivity index is 2.07. The number of nitrogens with zero attached hydrogens (tertiary/aromatic N) is 2. The summed E-state index contributed by atoms with van der Waals surface area (Å²) in [4.78, 5) is 14.4. The molecule has 0 spiro atoms. The molecule has 2 rings (SSSR count). The lowest BCUT2D eigenvalue weighted by Gasteiger charge is -2.05. The lowest BCUT2D eigenvalue weighted by Crippen LogP contribution is -2.00. The van der Waals surface area contributed by atoms with Gasteiger partial charge in [-0.05, 0) is 19.1 Å². The molecule has 6 heteroatoms. The Morgan fingerprint density at radius 1 is 1.53 bits per heavy atom. The quantitative estimate of drug-likeness (QED) is 0.668. The van der Waals surface area contributed by atoms with Gasteiger partial charge < -0.3 is 5.32 Å². The first kappa shape index (κ1) is 11.5. The largest absolute Gasteiger partial charge is 0.379 e. The Morgan fingerprint density at radius 3 is 2.94 bits per heavy atom. The Morgan fingerprint density at radius 2 is 2.35 bits per heavy atom. The fourth-order valence-electron chi connectivity index (χ4n) is 1.49. The summed E-state index contributed by atoms with van der Waals surface area (Å²) < 4.78 is 0. The molecule has 0 aliphatic heterocycles. The number of anilines is 1. The molecule has 0 aliphatic carbocycles. The van der Waals surface area contributed by atoms with Gasteiger partial charge in [0.2, 0.25) is 0 Å². The molecule has 1 N–H and O–H groups in total. The zero-order valence-electron chi connectivity index (χ0n) is 9.21. The number of aryl methyl sites for hydroxylation is 1. The number of thiazole rings is 1. The normalized spacial score (nSPS) is 10.2. The summed E-state index contributed by atoms with van der Waals surface area (Å²) in [5.74, 6) is 0. The van der Waals surface area contributed by atoms with Crippen LogP contribution in [-0.4, -0.2) is 9.91 Å². The van der Waals surface area contributed by atoms with E-state index in [9.17, 15) is 10.1 Å². The standard InChI is InChI=1S/C11H11N3O2S/c1-8-6-9(2-3-10(8)14(15)16)13-7-11-12-4-5-17-11/h2-6,13H,7H2,1H3. The van der Waals surface area contributed by atoms with E-state index in [1.54, 1.807) is 36.6 Å². The van der Waals surface area contributed by atoms with Gasteiger partial charge in [0, 0.05) is 28.9 Å². The van der Waals surface area contributed by atoms with E-state index < -0.39 is 0 Å².